The third-order valence-corrected chi connectivity index (χ3v) is 7.49. The second-order valence-corrected chi connectivity index (χ2v) is 10.1. The van der Waals surface area contributed by atoms with E-state index in [1.54, 1.807) is 25.8 Å². The van der Waals surface area contributed by atoms with E-state index in [2.05, 4.69) is 15.5 Å². The lowest BCUT2D eigenvalue weighted by atomic mass is 10.3. The molecule has 210 valence electrons. The van der Waals surface area contributed by atoms with Gasteiger partial charge in [-0.25, -0.2) is 4.68 Å². The number of hydrogen-bond donors (Lipinski definition) is 1. The number of carbonyl (C=O) groups is 1. The van der Waals surface area contributed by atoms with E-state index in [9.17, 15) is 9.59 Å². The van der Waals surface area contributed by atoms with Gasteiger partial charge in [0.15, 0.2) is 28.6 Å². The Balaban J connectivity index is 1.37. The molecule has 0 radical (unpaired) electrons. The van der Waals surface area contributed by atoms with Crippen LogP contribution in [-0.4, -0.2) is 42.9 Å². The molecule has 0 unspecified atom stereocenters. The Bertz CT molecular complexity index is 1710. The van der Waals surface area contributed by atoms with Gasteiger partial charge >= 0.3 is 0 Å². The van der Waals surface area contributed by atoms with Gasteiger partial charge in [-0.05, 0) is 50.2 Å². The predicted molar refractivity (Wildman–Crippen MR) is 158 cm³/mol. The zero-order chi connectivity index (χ0) is 28.9. The molecule has 5 aromatic rings. The van der Waals surface area contributed by atoms with Crippen LogP contribution in [0.4, 0.5) is 5.69 Å². The van der Waals surface area contributed by atoms with Gasteiger partial charge in [0.05, 0.1) is 24.2 Å². The fourth-order valence-electron chi connectivity index (χ4n) is 4.43. The molecular formula is C30H30N6O4S. The number of para-hydroxylation sites is 4. The van der Waals surface area contributed by atoms with Crippen LogP contribution in [0.15, 0.2) is 94.9 Å². The average molecular weight is 571 g/mol. The number of nitrogens with one attached hydrogen (secondary N) is 1. The molecule has 1 atom stereocenters. The van der Waals surface area contributed by atoms with E-state index in [1.807, 2.05) is 96.4 Å². The standard InChI is InChI=1S/C30H30N6O4S/c1-20-27(29(38)36(34(20)3)23-15-9-6-10-16-23)31-26(37)19-41-30-33-32-28(35(30)22-13-7-5-8-14-22)21(2)40-25-18-12-11-17-24(25)39-4/h5-18,21H,19H2,1-4H3,(H,31,37)/t21-/m1/s1. The zero-order valence-electron chi connectivity index (χ0n) is 23.1. The second-order valence-electron chi connectivity index (χ2n) is 9.20. The molecule has 2 heterocycles. The molecule has 3 aromatic carbocycles. The SMILES string of the molecule is COc1ccccc1O[C@H](C)c1nnc(SCC(=O)Nc2c(C)n(C)n(-c3ccccc3)c2=O)n1-c1ccccc1. The number of amides is 1. The smallest absolute Gasteiger partial charge is 0.295 e. The molecule has 0 saturated heterocycles. The highest BCUT2D eigenvalue weighted by Crippen LogP contribution is 2.32. The number of hydrogen-bond acceptors (Lipinski definition) is 7. The molecule has 10 nitrogen and oxygen atoms in total. The van der Waals surface area contributed by atoms with Crippen molar-refractivity contribution >= 4 is 23.4 Å². The van der Waals surface area contributed by atoms with E-state index in [-0.39, 0.29) is 22.9 Å². The van der Waals surface area contributed by atoms with Crippen molar-refractivity contribution in [2.45, 2.75) is 25.1 Å². The highest BCUT2D eigenvalue weighted by Gasteiger charge is 2.23. The Morgan fingerprint density at radius 1 is 0.927 bits per heavy atom. The molecule has 0 aliphatic heterocycles. The molecule has 41 heavy (non-hydrogen) atoms. The van der Waals surface area contributed by atoms with Gasteiger partial charge < -0.3 is 14.8 Å². The Kier molecular flexibility index (Phi) is 8.25. The predicted octanol–water partition coefficient (Wildman–Crippen LogP) is 4.94. The van der Waals surface area contributed by atoms with Crippen LogP contribution < -0.4 is 20.3 Å². The van der Waals surface area contributed by atoms with Crippen molar-refractivity contribution < 1.29 is 14.3 Å². The minimum Gasteiger partial charge on any atom is -0.493 e. The highest BCUT2D eigenvalue weighted by molar-refractivity contribution is 7.99. The fourth-order valence-corrected chi connectivity index (χ4v) is 5.19. The fraction of sp³-hybridized carbons (Fsp3) is 0.200. The highest BCUT2D eigenvalue weighted by atomic mass is 32.2. The summed E-state index contributed by atoms with van der Waals surface area (Å²) in [6.45, 7) is 3.68. The van der Waals surface area contributed by atoms with Gasteiger partial charge in [-0.1, -0.05) is 60.3 Å². The van der Waals surface area contributed by atoms with E-state index in [0.29, 0.717) is 33.9 Å². The third-order valence-electron chi connectivity index (χ3n) is 6.56. The van der Waals surface area contributed by atoms with Crippen molar-refractivity contribution in [2.75, 3.05) is 18.2 Å². The minimum atomic E-state index is -0.481. The van der Waals surface area contributed by atoms with E-state index < -0.39 is 6.10 Å². The number of rotatable bonds is 10. The quantitative estimate of drug-likeness (QED) is 0.237. The summed E-state index contributed by atoms with van der Waals surface area (Å²) in [7, 11) is 3.37. The molecule has 0 bridgehead atoms. The Morgan fingerprint density at radius 3 is 2.20 bits per heavy atom. The Labute approximate surface area is 241 Å². The Hall–Kier alpha value is -4.77. The summed E-state index contributed by atoms with van der Waals surface area (Å²) < 4.78 is 16.7. The second kappa shape index (κ2) is 12.2. The van der Waals surface area contributed by atoms with Gasteiger partial charge in [-0.2, -0.15) is 0 Å². The van der Waals surface area contributed by atoms with Gasteiger partial charge in [0.2, 0.25) is 5.91 Å². The first kappa shape index (κ1) is 27.8. The van der Waals surface area contributed by atoms with Gasteiger partial charge in [0.1, 0.15) is 5.69 Å². The van der Waals surface area contributed by atoms with Crippen molar-refractivity contribution in [1.82, 2.24) is 24.1 Å². The van der Waals surface area contributed by atoms with Crippen LogP contribution in [-0.2, 0) is 11.8 Å². The number of anilines is 1. The molecule has 1 N–H and O–H groups in total. The summed E-state index contributed by atoms with van der Waals surface area (Å²) in [5, 5.41) is 12.1. The van der Waals surface area contributed by atoms with E-state index in [4.69, 9.17) is 9.47 Å². The number of nitrogens with zero attached hydrogens (tertiary/aromatic N) is 5. The number of methoxy groups -OCH3 is 1. The molecule has 0 aliphatic rings. The minimum absolute atomic E-state index is 0.0197. The summed E-state index contributed by atoms with van der Waals surface area (Å²) in [5.41, 5.74) is 2.13. The van der Waals surface area contributed by atoms with Crippen LogP contribution in [0, 0.1) is 6.92 Å². The molecule has 0 spiro atoms. The van der Waals surface area contributed by atoms with Crippen molar-refractivity contribution in [1.29, 1.82) is 0 Å². The molecular weight excluding hydrogens is 540 g/mol. The summed E-state index contributed by atoms with van der Waals surface area (Å²) in [6, 6.07) is 26.3. The molecule has 1 amide bonds. The topological polar surface area (TPSA) is 105 Å². The largest absolute Gasteiger partial charge is 0.493 e. The number of aromatic nitrogens is 5. The maximum Gasteiger partial charge on any atom is 0.295 e. The van der Waals surface area contributed by atoms with Crippen LogP contribution >= 0.6 is 11.8 Å². The summed E-state index contributed by atoms with van der Waals surface area (Å²) in [5.74, 6) is 1.45. The monoisotopic (exact) mass is 570 g/mol. The first-order valence-electron chi connectivity index (χ1n) is 13.0. The number of benzene rings is 3. The maximum absolute atomic E-state index is 13.2. The summed E-state index contributed by atoms with van der Waals surface area (Å²) in [4.78, 5) is 26.3. The van der Waals surface area contributed by atoms with Gasteiger partial charge in [0.25, 0.3) is 5.56 Å². The Morgan fingerprint density at radius 2 is 1.54 bits per heavy atom. The van der Waals surface area contributed by atoms with Gasteiger partial charge in [0, 0.05) is 12.7 Å². The third kappa shape index (κ3) is 5.75. The van der Waals surface area contributed by atoms with Crippen LogP contribution in [0.3, 0.4) is 0 Å². The van der Waals surface area contributed by atoms with E-state index in [0.717, 1.165) is 5.69 Å². The number of carbonyl (C=O) groups excluding carboxylic acids is 1. The summed E-state index contributed by atoms with van der Waals surface area (Å²) >= 11 is 1.22. The van der Waals surface area contributed by atoms with E-state index >= 15 is 0 Å². The first-order valence-corrected chi connectivity index (χ1v) is 13.9. The molecule has 0 aliphatic carbocycles. The average Bonchev–Trinajstić information content (AvgIpc) is 3.52. The lowest BCUT2D eigenvalue weighted by Crippen LogP contribution is -2.23. The van der Waals surface area contributed by atoms with Crippen molar-refractivity contribution in [2.24, 2.45) is 7.05 Å². The number of ether oxygens (including phenoxy) is 2. The normalized spacial score (nSPS) is 11.7. The zero-order valence-corrected chi connectivity index (χ0v) is 24.0. The van der Waals surface area contributed by atoms with Crippen LogP contribution in [0.1, 0.15) is 24.5 Å². The molecule has 5 rings (SSSR count). The van der Waals surface area contributed by atoms with Gasteiger partial charge in [-0.3, -0.25) is 18.8 Å². The van der Waals surface area contributed by atoms with Crippen molar-refractivity contribution in [3.63, 3.8) is 0 Å². The lowest BCUT2D eigenvalue weighted by molar-refractivity contribution is -0.113. The van der Waals surface area contributed by atoms with E-state index in [1.165, 1.54) is 16.4 Å². The first-order chi connectivity index (χ1) is 19.9. The van der Waals surface area contributed by atoms with Crippen molar-refractivity contribution in [3.8, 4) is 22.9 Å². The maximum atomic E-state index is 13.2. The van der Waals surface area contributed by atoms with Crippen LogP contribution in [0.25, 0.3) is 11.4 Å². The van der Waals surface area contributed by atoms with Crippen LogP contribution in [0.5, 0.6) is 11.5 Å². The molecule has 0 saturated carbocycles. The van der Waals surface area contributed by atoms with Gasteiger partial charge in [-0.15, -0.1) is 10.2 Å². The number of thioether (sulfide) groups is 1. The van der Waals surface area contributed by atoms with Crippen molar-refractivity contribution in [3.05, 3.63) is 107 Å². The lowest BCUT2D eigenvalue weighted by Gasteiger charge is -2.18. The molecule has 0 fully saturated rings. The molecule has 11 heteroatoms. The summed E-state index contributed by atoms with van der Waals surface area (Å²) in [6.07, 6.45) is -0.481. The molecule has 2 aromatic heterocycles. The van der Waals surface area contributed by atoms with Crippen LogP contribution in [0.2, 0.25) is 0 Å².